The lowest BCUT2D eigenvalue weighted by Gasteiger charge is -2.11. The number of carbonyl (C=O) groups is 4. The summed E-state index contributed by atoms with van der Waals surface area (Å²) in [6.07, 6.45) is -0.391. The number of ether oxygens (including phenoxy) is 2. The molecule has 0 aromatic heterocycles. The van der Waals surface area contributed by atoms with Gasteiger partial charge in [0.2, 0.25) is 6.04 Å². The number of amides is 4. The van der Waals surface area contributed by atoms with E-state index in [-0.39, 0.29) is 18.9 Å². The van der Waals surface area contributed by atoms with E-state index in [0.717, 1.165) is 0 Å². The van der Waals surface area contributed by atoms with Crippen molar-refractivity contribution < 1.29 is 28.7 Å². The van der Waals surface area contributed by atoms with Crippen molar-refractivity contribution in [2.24, 2.45) is 10.2 Å². The van der Waals surface area contributed by atoms with Crippen molar-refractivity contribution >= 4 is 64.7 Å². The molecule has 0 fully saturated rings. The van der Waals surface area contributed by atoms with E-state index < -0.39 is 30.0 Å². The van der Waals surface area contributed by atoms with Gasteiger partial charge in [-0.25, -0.2) is 9.59 Å². The molecule has 2 N–H and O–H groups in total. The fourth-order valence-electron chi connectivity index (χ4n) is 1.82. The van der Waals surface area contributed by atoms with Crippen molar-refractivity contribution in [2.45, 2.75) is 24.8 Å². The summed E-state index contributed by atoms with van der Waals surface area (Å²) in [7, 11) is 0. The molecule has 10 nitrogen and oxygen atoms in total. The van der Waals surface area contributed by atoms with E-state index in [2.05, 4.69) is 19.7 Å². The Bertz CT molecular complexity index is 766. The first-order valence-corrected chi connectivity index (χ1v) is 10.1. The fraction of sp³-hybridized carbons (Fsp3) is 0.375. The number of nitrogens with zero attached hydrogens (tertiary/aromatic N) is 2. The Balaban J connectivity index is 3.11. The molecular formula is C16H18Cl2N4O6S. The van der Waals surface area contributed by atoms with Crippen molar-refractivity contribution in [3.8, 4) is 0 Å². The van der Waals surface area contributed by atoms with Gasteiger partial charge < -0.3 is 9.47 Å². The predicted octanol–water partition coefficient (Wildman–Crippen LogP) is 3.71. The quantitative estimate of drug-likeness (QED) is 0.356. The third-order valence-electron chi connectivity index (χ3n) is 2.97. The largest absolute Gasteiger partial charge is 0.450 e. The molecule has 0 radical (unpaired) electrons. The number of alkyl carbamates (subject to hydrolysis) is 2. The van der Waals surface area contributed by atoms with Crippen LogP contribution in [0, 0.1) is 0 Å². The summed E-state index contributed by atoms with van der Waals surface area (Å²) in [6, 6.07) is 0.958. The van der Waals surface area contributed by atoms with Crippen molar-refractivity contribution in [3.05, 3.63) is 22.2 Å². The molecule has 0 bridgehead atoms. The van der Waals surface area contributed by atoms with Crippen molar-refractivity contribution in [1.82, 2.24) is 10.6 Å². The smallest absolute Gasteiger partial charge is 0.413 e. The maximum Gasteiger partial charge on any atom is 0.413 e. The summed E-state index contributed by atoms with van der Waals surface area (Å²) in [5.74, 6) is -2.32. The molecule has 0 aliphatic carbocycles. The monoisotopic (exact) mass is 464 g/mol. The van der Waals surface area contributed by atoms with E-state index in [1.807, 2.05) is 10.6 Å². The summed E-state index contributed by atoms with van der Waals surface area (Å²) >= 11 is 13.5. The second-order valence-electron chi connectivity index (χ2n) is 4.98. The van der Waals surface area contributed by atoms with Crippen LogP contribution in [0.5, 0.6) is 0 Å². The van der Waals surface area contributed by atoms with Gasteiger partial charge in [0.1, 0.15) is 0 Å². The van der Waals surface area contributed by atoms with Crippen molar-refractivity contribution in [3.63, 3.8) is 0 Å². The van der Waals surface area contributed by atoms with Gasteiger partial charge >= 0.3 is 12.2 Å². The first-order chi connectivity index (χ1) is 13.7. The van der Waals surface area contributed by atoms with Gasteiger partial charge in [0, 0.05) is 4.90 Å². The molecule has 0 atom stereocenters. The predicted molar refractivity (Wildman–Crippen MR) is 107 cm³/mol. The molecule has 0 unspecified atom stereocenters. The van der Waals surface area contributed by atoms with E-state index in [4.69, 9.17) is 23.2 Å². The second kappa shape index (κ2) is 12.2. The number of halogens is 2. The number of azo groups is 1. The van der Waals surface area contributed by atoms with E-state index in [1.165, 1.54) is 37.7 Å². The van der Waals surface area contributed by atoms with Gasteiger partial charge in [-0.05, 0) is 32.2 Å². The number of imide groups is 2. The SMILES string of the molecule is CCOC(=O)NC(=O)C(N=Nc1cc(Cl)c(SC)c(Cl)c1)C(=O)NC(=O)OCC. The standard InChI is InChI=1S/C16H18Cl2N4O6S/c1-4-27-15(25)19-13(23)11(14(24)20-16(26)28-5-2)22-21-8-6-9(17)12(29-3)10(18)7-8/h6-7,11H,4-5H2,1-3H3,(H,19,23,25)(H,20,24,26). The highest BCUT2D eigenvalue weighted by Gasteiger charge is 2.30. The van der Waals surface area contributed by atoms with Crippen molar-refractivity contribution in [1.29, 1.82) is 0 Å². The summed E-state index contributed by atoms with van der Waals surface area (Å²) < 4.78 is 9.16. The maximum absolute atomic E-state index is 12.2. The summed E-state index contributed by atoms with van der Waals surface area (Å²) in [4.78, 5) is 48.0. The zero-order chi connectivity index (χ0) is 22.0. The van der Waals surface area contributed by atoms with Gasteiger partial charge in [0.05, 0.1) is 28.9 Å². The van der Waals surface area contributed by atoms with Gasteiger partial charge in [-0.3, -0.25) is 20.2 Å². The van der Waals surface area contributed by atoms with Crippen LogP contribution in [0.15, 0.2) is 27.3 Å². The average molecular weight is 465 g/mol. The molecule has 0 aliphatic heterocycles. The first kappa shape index (κ1) is 24.7. The Morgan fingerprint density at radius 1 is 1.00 bits per heavy atom. The Morgan fingerprint density at radius 2 is 1.45 bits per heavy atom. The minimum Gasteiger partial charge on any atom is -0.450 e. The third kappa shape index (κ3) is 7.87. The van der Waals surface area contributed by atoms with E-state index in [0.29, 0.717) is 14.9 Å². The van der Waals surface area contributed by atoms with Gasteiger partial charge in [0.15, 0.2) is 0 Å². The molecule has 1 rings (SSSR count). The normalized spacial score (nSPS) is 10.7. The Morgan fingerprint density at radius 3 is 1.83 bits per heavy atom. The highest BCUT2D eigenvalue weighted by atomic mass is 35.5. The number of hydrogen-bond acceptors (Lipinski definition) is 9. The Labute approximate surface area is 180 Å². The molecular weight excluding hydrogens is 447 g/mol. The molecule has 13 heteroatoms. The zero-order valence-electron chi connectivity index (χ0n) is 15.7. The molecule has 158 valence electrons. The van der Waals surface area contributed by atoms with E-state index >= 15 is 0 Å². The average Bonchev–Trinajstić information content (AvgIpc) is 2.61. The lowest BCUT2D eigenvalue weighted by molar-refractivity contribution is -0.130. The van der Waals surface area contributed by atoms with Crippen LogP contribution in [-0.4, -0.2) is 49.5 Å². The van der Waals surface area contributed by atoms with E-state index in [1.54, 1.807) is 6.26 Å². The maximum atomic E-state index is 12.2. The number of hydrogen-bond donors (Lipinski definition) is 2. The molecule has 0 heterocycles. The van der Waals surface area contributed by atoms with Crippen LogP contribution >= 0.6 is 35.0 Å². The number of thioether (sulfide) groups is 1. The lowest BCUT2D eigenvalue weighted by Crippen LogP contribution is -2.48. The van der Waals surface area contributed by atoms with Crippen LogP contribution in [-0.2, 0) is 19.1 Å². The van der Waals surface area contributed by atoms with Crippen molar-refractivity contribution in [2.75, 3.05) is 19.5 Å². The van der Waals surface area contributed by atoms with Crippen LogP contribution in [0.25, 0.3) is 0 Å². The fourth-order valence-corrected chi connectivity index (χ4v) is 3.27. The summed E-state index contributed by atoms with van der Waals surface area (Å²) in [5.41, 5.74) is 0.149. The zero-order valence-corrected chi connectivity index (χ0v) is 18.0. The molecule has 0 saturated heterocycles. The number of benzene rings is 1. The van der Waals surface area contributed by atoms with Gasteiger partial charge in [-0.15, -0.1) is 11.8 Å². The van der Waals surface area contributed by atoms with Crippen LogP contribution in [0.3, 0.4) is 0 Å². The molecule has 0 saturated carbocycles. The minimum atomic E-state index is -1.89. The second-order valence-corrected chi connectivity index (χ2v) is 6.61. The number of carbonyl (C=O) groups excluding carboxylic acids is 4. The van der Waals surface area contributed by atoms with Crippen LogP contribution in [0.2, 0.25) is 10.0 Å². The highest BCUT2D eigenvalue weighted by Crippen LogP contribution is 2.36. The van der Waals surface area contributed by atoms with Gasteiger partial charge in [-0.2, -0.15) is 10.2 Å². The lowest BCUT2D eigenvalue weighted by atomic mass is 10.2. The molecule has 1 aromatic rings. The minimum absolute atomic E-state index is 0.000885. The van der Waals surface area contributed by atoms with E-state index in [9.17, 15) is 19.2 Å². The Hall–Kier alpha value is -2.37. The molecule has 1 aromatic carbocycles. The number of rotatable bonds is 7. The van der Waals surface area contributed by atoms with Crippen LogP contribution in [0.4, 0.5) is 15.3 Å². The third-order valence-corrected chi connectivity index (χ3v) is 4.64. The highest BCUT2D eigenvalue weighted by molar-refractivity contribution is 7.98. The summed E-state index contributed by atoms with van der Waals surface area (Å²) in [5, 5.41) is 11.6. The molecule has 29 heavy (non-hydrogen) atoms. The molecule has 4 amide bonds. The van der Waals surface area contributed by atoms with Crippen LogP contribution < -0.4 is 10.6 Å². The Kier molecular flexibility index (Phi) is 10.4. The van der Waals surface area contributed by atoms with Gasteiger partial charge in [0.25, 0.3) is 11.8 Å². The first-order valence-electron chi connectivity index (χ1n) is 8.12. The summed E-state index contributed by atoms with van der Waals surface area (Å²) in [6.45, 7) is 3.05. The molecule has 0 aliphatic rings. The van der Waals surface area contributed by atoms with Gasteiger partial charge in [-0.1, -0.05) is 23.2 Å². The molecule has 0 spiro atoms. The topological polar surface area (TPSA) is 136 Å². The van der Waals surface area contributed by atoms with Crippen LogP contribution in [0.1, 0.15) is 13.8 Å². The number of nitrogens with one attached hydrogen (secondary N) is 2.